The van der Waals surface area contributed by atoms with E-state index in [2.05, 4.69) is 17.2 Å². The van der Waals surface area contributed by atoms with Gasteiger partial charge in [-0.1, -0.05) is 39.0 Å². The van der Waals surface area contributed by atoms with Crippen molar-refractivity contribution >= 4 is 11.9 Å². The maximum atomic E-state index is 11.8. The van der Waals surface area contributed by atoms with Gasteiger partial charge in [-0.05, 0) is 19.3 Å². The highest BCUT2D eigenvalue weighted by Crippen LogP contribution is 2.07. The van der Waals surface area contributed by atoms with Gasteiger partial charge in [0.1, 0.15) is 6.54 Å². The lowest BCUT2D eigenvalue weighted by Gasteiger charge is -2.13. The number of amides is 1. The molecule has 1 heterocycles. The molecule has 0 atom stereocenters. The topological polar surface area (TPSA) is 70.7 Å². The van der Waals surface area contributed by atoms with Gasteiger partial charge < -0.3 is 16.0 Å². The zero-order valence-corrected chi connectivity index (χ0v) is 12.9. The van der Waals surface area contributed by atoms with E-state index in [-0.39, 0.29) is 12.5 Å². The molecule has 1 rings (SSSR count). The number of unbranched alkanes of at least 4 members (excludes halogenated alkanes) is 5. The van der Waals surface area contributed by atoms with Crippen molar-refractivity contribution in [2.45, 2.75) is 58.3 Å². The van der Waals surface area contributed by atoms with Gasteiger partial charge in [-0.3, -0.25) is 4.79 Å². The number of aliphatic imine (C=N–C) groups is 1. The van der Waals surface area contributed by atoms with Crippen LogP contribution in [-0.2, 0) is 4.79 Å². The van der Waals surface area contributed by atoms with Gasteiger partial charge in [-0.15, -0.1) is 0 Å². The first-order valence-electron chi connectivity index (χ1n) is 8.05. The van der Waals surface area contributed by atoms with Crippen molar-refractivity contribution in [3.05, 3.63) is 0 Å². The number of likely N-dealkylation sites (tertiary alicyclic amines) is 1. The highest BCUT2D eigenvalue weighted by Gasteiger charge is 2.16. The van der Waals surface area contributed by atoms with Crippen LogP contribution in [0.4, 0.5) is 0 Å². The third-order valence-corrected chi connectivity index (χ3v) is 3.68. The smallest absolute Gasteiger partial charge is 0.244 e. The van der Waals surface area contributed by atoms with E-state index in [1.165, 1.54) is 32.1 Å². The lowest BCUT2D eigenvalue weighted by atomic mass is 10.1. The van der Waals surface area contributed by atoms with Gasteiger partial charge >= 0.3 is 0 Å². The minimum atomic E-state index is 0.0896. The van der Waals surface area contributed by atoms with Crippen molar-refractivity contribution in [3.63, 3.8) is 0 Å². The van der Waals surface area contributed by atoms with Gasteiger partial charge in [0.25, 0.3) is 0 Å². The van der Waals surface area contributed by atoms with Gasteiger partial charge in [0.15, 0.2) is 5.96 Å². The number of hydrogen-bond acceptors (Lipinski definition) is 2. The lowest BCUT2D eigenvalue weighted by Crippen LogP contribution is -2.35. The molecule has 5 nitrogen and oxygen atoms in total. The van der Waals surface area contributed by atoms with E-state index >= 15 is 0 Å². The second kappa shape index (κ2) is 10.5. The van der Waals surface area contributed by atoms with E-state index in [0.29, 0.717) is 5.96 Å². The summed E-state index contributed by atoms with van der Waals surface area (Å²) in [5.41, 5.74) is 5.75. The summed E-state index contributed by atoms with van der Waals surface area (Å²) in [5.74, 6) is 0.484. The summed E-state index contributed by atoms with van der Waals surface area (Å²) >= 11 is 0. The van der Waals surface area contributed by atoms with E-state index in [4.69, 9.17) is 5.73 Å². The fourth-order valence-corrected chi connectivity index (χ4v) is 2.40. The number of carbonyl (C=O) groups excluding carboxylic acids is 1. The Balaban J connectivity index is 2.02. The predicted molar refractivity (Wildman–Crippen MR) is 83.7 cm³/mol. The van der Waals surface area contributed by atoms with Crippen molar-refractivity contribution in [1.29, 1.82) is 0 Å². The van der Waals surface area contributed by atoms with Gasteiger partial charge in [0.2, 0.25) is 5.91 Å². The summed E-state index contributed by atoms with van der Waals surface area (Å²) in [7, 11) is 0. The average molecular weight is 282 g/mol. The molecule has 0 unspecified atom stereocenters. The Morgan fingerprint density at radius 3 is 2.50 bits per heavy atom. The zero-order chi connectivity index (χ0) is 14.6. The minimum absolute atomic E-state index is 0.0896. The second-order valence-corrected chi connectivity index (χ2v) is 5.48. The summed E-state index contributed by atoms with van der Waals surface area (Å²) in [6, 6.07) is 0. The van der Waals surface area contributed by atoms with E-state index in [0.717, 1.165) is 38.9 Å². The molecule has 0 spiro atoms. The summed E-state index contributed by atoms with van der Waals surface area (Å²) in [6.45, 7) is 5.00. The van der Waals surface area contributed by atoms with Gasteiger partial charge in [-0.25, -0.2) is 4.99 Å². The Hall–Kier alpha value is -1.26. The summed E-state index contributed by atoms with van der Waals surface area (Å²) in [4.78, 5) is 17.7. The van der Waals surface area contributed by atoms with Crippen LogP contribution in [0.25, 0.3) is 0 Å². The maximum Gasteiger partial charge on any atom is 0.244 e. The van der Waals surface area contributed by atoms with Gasteiger partial charge in [0.05, 0.1) is 0 Å². The molecule has 1 fully saturated rings. The van der Waals surface area contributed by atoms with Crippen LogP contribution in [0.1, 0.15) is 58.3 Å². The van der Waals surface area contributed by atoms with E-state index in [9.17, 15) is 4.79 Å². The molecule has 0 radical (unpaired) electrons. The number of carbonyl (C=O) groups is 1. The molecule has 0 aromatic carbocycles. The van der Waals surface area contributed by atoms with Crippen LogP contribution >= 0.6 is 0 Å². The summed E-state index contributed by atoms with van der Waals surface area (Å²) in [6.07, 6.45) is 9.79. The molecule has 0 aliphatic carbocycles. The highest BCUT2D eigenvalue weighted by molar-refractivity contribution is 5.84. The number of rotatable bonds is 9. The van der Waals surface area contributed by atoms with Crippen LogP contribution in [-0.4, -0.2) is 42.9 Å². The van der Waals surface area contributed by atoms with Crippen LogP contribution < -0.4 is 11.1 Å². The average Bonchev–Trinajstić information content (AvgIpc) is 2.98. The first-order valence-corrected chi connectivity index (χ1v) is 8.05. The number of guanidine groups is 1. The Kier molecular flexibility index (Phi) is 8.83. The summed E-state index contributed by atoms with van der Waals surface area (Å²) in [5, 5.41) is 3.08. The predicted octanol–water partition coefficient (Wildman–Crippen LogP) is 1.87. The molecule has 5 heteroatoms. The minimum Gasteiger partial charge on any atom is -0.370 e. The second-order valence-electron chi connectivity index (χ2n) is 5.48. The first-order chi connectivity index (χ1) is 9.74. The largest absolute Gasteiger partial charge is 0.370 e. The molecule has 0 aromatic rings. The highest BCUT2D eigenvalue weighted by atomic mass is 16.2. The molecule has 0 bridgehead atoms. The lowest BCUT2D eigenvalue weighted by molar-refractivity contribution is -0.128. The monoisotopic (exact) mass is 282 g/mol. The van der Waals surface area contributed by atoms with Crippen LogP contribution in [0.3, 0.4) is 0 Å². The van der Waals surface area contributed by atoms with Gasteiger partial charge in [-0.2, -0.15) is 0 Å². The van der Waals surface area contributed by atoms with E-state index in [1.807, 2.05) is 4.90 Å². The van der Waals surface area contributed by atoms with Crippen molar-refractivity contribution in [2.24, 2.45) is 10.7 Å². The third kappa shape index (κ3) is 7.36. The fourth-order valence-electron chi connectivity index (χ4n) is 2.40. The molecule has 3 N–H and O–H groups in total. The molecular formula is C15H30N4O. The molecule has 116 valence electrons. The fraction of sp³-hybridized carbons (Fsp3) is 0.867. The number of hydrogen-bond donors (Lipinski definition) is 2. The molecule has 1 amide bonds. The Labute approximate surface area is 123 Å². The van der Waals surface area contributed by atoms with Crippen molar-refractivity contribution in [2.75, 3.05) is 26.2 Å². The zero-order valence-electron chi connectivity index (χ0n) is 12.9. The third-order valence-electron chi connectivity index (χ3n) is 3.68. The number of nitrogens with one attached hydrogen (secondary N) is 1. The summed E-state index contributed by atoms with van der Waals surface area (Å²) < 4.78 is 0. The molecule has 1 saturated heterocycles. The first kappa shape index (κ1) is 16.8. The van der Waals surface area contributed by atoms with Crippen molar-refractivity contribution in [1.82, 2.24) is 10.2 Å². The Bertz CT molecular complexity index is 298. The standard InChI is InChI=1S/C15H30N4O/c1-2-3-4-5-6-7-10-17-15(16)18-13-14(20)19-11-8-9-12-19/h2-13H2,1H3,(H3,16,17,18). The quantitative estimate of drug-likeness (QED) is 0.385. The molecule has 20 heavy (non-hydrogen) atoms. The van der Waals surface area contributed by atoms with E-state index < -0.39 is 0 Å². The van der Waals surface area contributed by atoms with E-state index in [1.54, 1.807) is 0 Å². The van der Waals surface area contributed by atoms with Crippen LogP contribution in [0.15, 0.2) is 4.99 Å². The maximum absolute atomic E-state index is 11.8. The van der Waals surface area contributed by atoms with Crippen molar-refractivity contribution in [3.8, 4) is 0 Å². The number of nitrogens with zero attached hydrogens (tertiary/aromatic N) is 2. The Morgan fingerprint density at radius 1 is 1.15 bits per heavy atom. The van der Waals surface area contributed by atoms with Crippen LogP contribution in [0, 0.1) is 0 Å². The normalized spacial score (nSPS) is 15.7. The SMILES string of the molecule is CCCCCCCCNC(N)=NCC(=O)N1CCCC1. The molecule has 1 aliphatic rings. The van der Waals surface area contributed by atoms with Crippen LogP contribution in [0.5, 0.6) is 0 Å². The van der Waals surface area contributed by atoms with Crippen LogP contribution in [0.2, 0.25) is 0 Å². The molecule has 0 saturated carbocycles. The van der Waals surface area contributed by atoms with Gasteiger partial charge in [0, 0.05) is 19.6 Å². The Morgan fingerprint density at radius 2 is 1.80 bits per heavy atom. The molecule has 0 aromatic heterocycles. The van der Waals surface area contributed by atoms with Crippen molar-refractivity contribution < 1.29 is 4.79 Å². The number of nitrogens with two attached hydrogens (primary N) is 1. The molecular weight excluding hydrogens is 252 g/mol. The molecule has 1 aliphatic heterocycles.